The molecule has 1 aliphatic carbocycles. The molecule has 366 valence electrons. The van der Waals surface area contributed by atoms with Gasteiger partial charge in [-0.15, -0.1) is 0 Å². The van der Waals surface area contributed by atoms with E-state index in [4.69, 9.17) is 20.0 Å². The lowest BCUT2D eigenvalue weighted by Crippen LogP contribution is -2.30. The Bertz CT molecular complexity index is 3400. The molecule has 7 aromatic rings. The Hall–Kier alpha value is -8.34. The Labute approximate surface area is 439 Å². The Morgan fingerprint density at radius 1 is 0.635 bits per heavy atom. The Morgan fingerprint density at radius 2 is 1.30 bits per heavy atom. The minimum atomic E-state index is -0.636. The highest BCUT2D eigenvalue weighted by atomic mass is 15.0. The third kappa shape index (κ3) is 11.8. The second-order valence-electron chi connectivity index (χ2n) is 20.1. The van der Waals surface area contributed by atoms with E-state index in [2.05, 4.69) is 248 Å². The zero-order valence-corrected chi connectivity index (χ0v) is 43.8. The van der Waals surface area contributed by atoms with Crippen LogP contribution in [-0.2, 0) is 18.3 Å². The predicted octanol–water partition coefficient (Wildman–Crippen LogP) is 17.8. The molecule has 4 heteroatoms. The van der Waals surface area contributed by atoms with E-state index >= 15 is 0 Å². The van der Waals surface area contributed by atoms with Crippen LogP contribution in [0, 0.1) is 5.41 Å². The van der Waals surface area contributed by atoms with Gasteiger partial charge < -0.3 is 0 Å². The lowest BCUT2D eigenvalue weighted by molar-refractivity contribution is 0.522. The minimum Gasteiger partial charge on any atom is -0.270 e. The van der Waals surface area contributed by atoms with Crippen LogP contribution in [0.5, 0.6) is 0 Å². The lowest BCUT2D eigenvalue weighted by Gasteiger charge is -2.27. The van der Waals surface area contributed by atoms with E-state index < -0.39 is 5.41 Å². The molecule has 7 aromatic carbocycles. The monoisotopic (exact) mass is 963 g/mol. The standard InChI is InChI=1S/C70H66N4/c1-8-11-12-13-16-24-50-39-60(52(10-3)23-9-2)43-61(40-50)57-31-22-32-59(42-57)67(71-7)74-68(70(6)38-36-66(73-49-70)58-34-33-55-35-37-69(4,5)65(55)47-58)72-48-51-25-21-30-56(41-51)64-45-62(53-26-17-14-18-27-53)44-63(46-64)54-28-19-15-20-29-54/h8-23,25-34,36,39-49H,1,24,35,37-38H2,2-7H3/b12-11-,16-13-,23-9-,52-10+,71-67?,72-48?,74-68?. The second kappa shape index (κ2) is 23.0. The van der Waals surface area contributed by atoms with E-state index in [1.807, 2.05) is 25.4 Å². The number of benzene rings is 7. The number of rotatable bonds is 14. The van der Waals surface area contributed by atoms with Crippen LogP contribution in [0.2, 0.25) is 0 Å². The van der Waals surface area contributed by atoms with Crippen LogP contribution in [0.1, 0.15) is 86.4 Å². The molecule has 2 aliphatic rings. The number of aliphatic imine (C=N–C) groups is 4. The van der Waals surface area contributed by atoms with Crippen LogP contribution in [0.4, 0.5) is 0 Å². The van der Waals surface area contributed by atoms with Crippen molar-refractivity contribution in [2.45, 2.75) is 65.7 Å². The van der Waals surface area contributed by atoms with Gasteiger partial charge in [-0.05, 0) is 172 Å². The van der Waals surface area contributed by atoms with Gasteiger partial charge in [-0.2, -0.15) is 0 Å². The number of fused-ring (bicyclic) bond motifs is 1. The van der Waals surface area contributed by atoms with Gasteiger partial charge in [-0.1, -0.05) is 196 Å². The molecule has 0 radical (unpaired) electrons. The highest BCUT2D eigenvalue weighted by molar-refractivity contribution is 6.15. The van der Waals surface area contributed by atoms with Gasteiger partial charge in [0, 0.05) is 30.6 Å². The smallest absolute Gasteiger partial charge is 0.156 e. The quantitative estimate of drug-likeness (QED) is 0.0592. The molecule has 0 fully saturated rings. The van der Waals surface area contributed by atoms with Crippen LogP contribution >= 0.6 is 0 Å². The van der Waals surface area contributed by atoms with E-state index in [0.29, 0.717) is 18.1 Å². The molecule has 1 atom stereocenters. The van der Waals surface area contributed by atoms with Crippen LogP contribution in [0.25, 0.3) is 55.8 Å². The first-order valence-electron chi connectivity index (χ1n) is 25.9. The lowest BCUT2D eigenvalue weighted by atomic mass is 9.83. The molecule has 1 unspecified atom stereocenters. The Balaban J connectivity index is 1.10. The summed E-state index contributed by atoms with van der Waals surface area (Å²) in [6.07, 6.45) is 26.4. The summed E-state index contributed by atoms with van der Waals surface area (Å²) in [4.78, 5) is 20.8. The maximum absolute atomic E-state index is 5.42. The summed E-state index contributed by atoms with van der Waals surface area (Å²) in [6.45, 7) is 14.8. The first kappa shape index (κ1) is 50.6. The van der Waals surface area contributed by atoms with E-state index in [0.717, 1.165) is 57.5 Å². The average Bonchev–Trinajstić information content (AvgIpc) is 3.75. The summed E-state index contributed by atoms with van der Waals surface area (Å²) in [5.74, 6) is 1.23. The largest absolute Gasteiger partial charge is 0.270 e. The number of hydrogen-bond donors (Lipinski definition) is 0. The van der Waals surface area contributed by atoms with E-state index in [1.165, 1.54) is 56.5 Å². The van der Waals surface area contributed by atoms with Gasteiger partial charge >= 0.3 is 0 Å². The van der Waals surface area contributed by atoms with Crippen LogP contribution in [-0.4, -0.2) is 31.1 Å². The zero-order valence-electron chi connectivity index (χ0n) is 43.8. The topological polar surface area (TPSA) is 49.4 Å². The third-order valence-corrected chi connectivity index (χ3v) is 14.3. The fourth-order valence-corrected chi connectivity index (χ4v) is 10.0. The molecular weight excluding hydrogens is 897 g/mol. The van der Waals surface area contributed by atoms with Gasteiger partial charge in [0.2, 0.25) is 0 Å². The van der Waals surface area contributed by atoms with E-state index in [9.17, 15) is 0 Å². The summed E-state index contributed by atoms with van der Waals surface area (Å²) in [7, 11) is 1.81. The number of allylic oxidation sites excluding steroid dienone is 10. The maximum atomic E-state index is 5.42. The Morgan fingerprint density at radius 3 is 1.96 bits per heavy atom. The molecule has 0 aromatic heterocycles. The van der Waals surface area contributed by atoms with Crippen molar-refractivity contribution in [3.63, 3.8) is 0 Å². The molecule has 0 N–H and O–H groups in total. The van der Waals surface area contributed by atoms with Crippen molar-refractivity contribution >= 4 is 35.4 Å². The number of amidine groups is 2. The summed E-state index contributed by atoms with van der Waals surface area (Å²) in [5, 5.41) is 0. The predicted molar refractivity (Wildman–Crippen MR) is 320 cm³/mol. The van der Waals surface area contributed by atoms with Crippen LogP contribution in [0.3, 0.4) is 0 Å². The molecule has 0 saturated carbocycles. The van der Waals surface area contributed by atoms with E-state index in [-0.39, 0.29) is 5.41 Å². The molecule has 9 rings (SSSR count). The van der Waals surface area contributed by atoms with Gasteiger partial charge in [-0.25, -0.2) is 9.98 Å². The second-order valence-corrected chi connectivity index (χ2v) is 20.1. The molecule has 0 bridgehead atoms. The van der Waals surface area contributed by atoms with Crippen LogP contribution < -0.4 is 0 Å². The SMILES string of the molecule is C=C/C=C\C=C/Cc1cc(C(/C=C\C)=C/C)cc(-c2cccc(C(=NC)N=C(N=Cc3cccc(-c4cc(-c5ccccc5)cc(-c5ccccc5)c4)c3)C3(C)C=NC(c4ccc5c(c4)C(C)(C)CC5)=CC3)c2)c1. The molecule has 0 saturated heterocycles. The molecular formula is C70H66N4. The fourth-order valence-electron chi connectivity index (χ4n) is 10.0. The first-order valence-corrected chi connectivity index (χ1v) is 25.9. The van der Waals surface area contributed by atoms with Crippen molar-refractivity contribution in [2.75, 3.05) is 7.05 Å². The molecule has 1 aliphatic heterocycles. The number of nitrogens with zero attached hydrogens (tertiary/aromatic N) is 4. The normalized spacial score (nSPS) is 16.9. The van der Waals surface area contributed by atoms with Crippen molar-refractivity contribution in [2.24, 2.45) is 25.4 Å². The molecule has 0 amide bonds. The summed E-state index contributed by atoms with van der Waals surface area (Å²) in [5.41, 5.74) is 19.1. The van der Waals surface area contributed by atoms with Crippen molar-refractivity contribution in [3.05, 3.63) is 264 Å². The van der Waals surface area contributed by atoms with Gasteiger partial charge in [0.15, 0.2) is 5.84 Å². The van der Waals surface area contributed by atoms with Gasteiger partial charge in [0.25, 0.3) is 0 Å². The van der Waals surface area contributed by atoms with Crippen LogP contribution in [0.15, 0.2) is 245 Å². The average molecular weight is 963 g/mol. The molecule has 1 heterocycles. The fraction of sp³-hybridized carbons (Fsp3) is 0.171. The molecule has 74 heavy (non-hydrogen) atoms. The van der Waals surface area contributed by atoms with Crippen molar-refractivity contribution < 1.29 is 0 Å². The van der Waals surface area contributed by atoms with Gasteiger partial charge in [0.05, 0.1) is 11.1 Å². The highest BCUT2D eigenvalue weighted by Crippen LogP contribution is 2.41. The molecule has 0 spiro atoms. The maximum Gasteiger partial charge on any atom is 0.156 e. The van der Waals surface area contributed by atoms with Gasteiger partial charge in [0.1, 0.15) is 5.84 Å². The number of aryl methyl sites for hydroxylation is 1. The molecule has 4 nitrogen and oxygen atoms in total. The number of hydrogen-bond acceptors (Lipinski definition) is 2. The summed E-state index contributed by atoms with van der Waals surface area (Å²) < 4.78 is 0. The summed E-state index contributed by atoms with van der Waals surface area (Å²) in [6, 6.07) is 59.0. The zero-order chi connectivity index (χ0) is 51.5. The third-order valence-electron chi connectivity index (χ3n) is 14.3. The first-order chi connectivity index (χ1) is 36.1. The summed E-state index contributed by atoms with van der Waals surface area (Å²) >= 11 is 0. The highest BCUT2D eigenvalue weighted by Gasteiger charge is 2.33. The van der Waals surface area contributed by atoms with Gasteiger partial charge in [-0.3, -0.25) is 9.98 Å². The van der Waals surface area contributed by atoms with Crippen molar-refractivity contribution in [1.82, 2.24) is 0 Å². The minimum absolute atomic E-state index is 0.153. The van der Waals surface area contributed by atoms with Crippen molar-refractivity contribution in [3.8, 4) is 44.5 Å². The Kier molecular flexibility index (Phi) is 15.7. The van der Waals surface area contributed by atoms with E-state index in [1.54, 1.807) is 6.08 Å². The van der Waals surface area contributed by atoms with Crippen molar-refractivity contribution in [1.29, 1.82) is 0 Å².